The summed E-state index contributed by atoms with van der Waals surface area (Å²) in [5, 5.41) is 9.79. The molecule has 0 fully saturated rings. The molecule has 1 heterocycles. The van der Waals surface area contributed by atoms with Crippen molar-refractivity contribution in [1.29, 1.82) is 0 Å². The Kier molecular flexibility index (Phi) is 6.42. The van der Waals surface area contributed by atoms with Gasteiger partial charge in [0.25, 0.3) is 0 Å². The Balaban J connectivity index is 2.86. The summed E-state index contributed by atoms with van der Waals surface area (Å²) in [6, 6.07) is 0. The summed E-state index contributed by atoms with van der Waals surface area (Å²) >= 11 is 0. The molecule has 0 amide bonds. The maximum Gasteiger partial charge on any atom is 0.158 e. The van der Waals surface area contributed by atoms with Crippen molar-refractivity contribution < 1.29 is 9.84 Å². The second-order valence-electron chi connectivity index (χ2n) is 8.60. The lowest BCUT2D eigenvalue weighted by atomic mass is 9.82. The van der Waals surface area contributed by atoms with Crippen molar-refractivity contribution in [3.63, 3.8) is 0 Å². The Morgan fingerprint density at radius 3 is 2.13 bits per heavy atom. The molecule has 1 rings (SSSR count). The molecule has 23 heavy (non-hydrogen) atoms. The van der Waals surface area contributed by atoms with E-state index in [1.807, 2.05) is 0 Å². The van der Waals surface area contributed by atoms with E-state index in [2.05, 4.69) is 53.1 Å². The van der Waals surface area contributed by atoms with E-state index >= 15 is 0 Å². The molecule has 0 aromatic rings. The van der Waals surface area contributed by atoms with Gasteiger partial charge in [0.15, 0.2) is 6.23 Å². The highest BCUT2D eigenvalue weighted by Gasteiger charge is 2.29. The summed E-state index contributed by atoms with van der Waals surface area (Å²) < 4.78 is 6.25. The van der Waals surface area contributed by atoms with Gasteiger partial charge in [0, 0.05) is 6.20 Å². The zero-order valence-corrected chi connectivity index (χ0v) is 15.5. The molecule has 1 aliphatic heterocycles. The Hall–Kier alpha value is -1.33. The number of rotatable bonds is 6. The largest absolute Gasteiger partial charge is 0.392 e. The number of nitrogens with zero attached hydrogens (tertiary/aromatic N) is 2. The number of aliphatic hydroxyl groups excluding tert-OH is 1. The lowest BCUT2D eigenvalue weighted by Gasteiger charge is -2.37. The van der Waals surface area contributed by atoms with Crippen LogP contribution < -0.4 is 5.73 Å². The number of hydrogen-bond donors (Lipinski definition) is 2. The predicted octanol–water partition coefficient (Wildman–Crippen LogP) is 3.22. The normalized spacial score (nSPS) is 17.7. The number of nitrogens with two attached hydrogens (primary N) is 1. The molecular weight excluding hydrogens is 290 g/mol. The number of aliphatic hydroxyl groups is 1. The van der Waals surface area contributed by atoms with E-state index in [9.17, 15) is 5.11 Å². The fraction of sp³-hybridized carbons (Fsp3) is 0.722. The van der Waals surface area contributed by atoms with E-state index in [1.54, 1.807) is 17.2 Å². The average Bonchev–Trinajstić information content (AvgIpc) is 2.32. The van der Waals surface area contributed by atoms with Crippen LogP contribution in [0.3, 0.4) is 0 Å². The second kappa shape index (κ2) is 7.49. The van der Waals surface area contributed by atoms with Crippen LogP contribution in [-0.2, 0) is 4.74 Å². The molecule has 0 saturated carbocycles. The fourth-order valence-electron chi connectivity index (χ4n) is 2.70. The number of ether oxygens (including phenoxy) is 1. The number of hydrogen-bond acceptors (Lipinski definition) is 5. The van der Waals surface area contributed by atoms with Crippen LogP contribution in [0.1, 0.15) is 54.4 Å². The molecule has 5 heteroatoms. The SMILES string of the molecule is C=C1N=C(N)C=CN1[C@@H](CO)OC(CC(C)(C)C)CC(C)(C)C. The lowest BCUT2D eigenvalue weighted by molar-refractivity contribution is -0.115. The summed E-state index contributed by atoms with van der Waals surface area (Å²) in [6.07, 6.45) is 4.80. The van der Waals surface area contributed by atoms with Gasteiger partial charge in [-0.25, -0.2) is 4.99 Å². The standard InChI is InChI=1S/C18H33N3O2/c1-13-20-15(19)8-9-21(13)16(12-22)23-14(10-17(2,3)4)11-18(5,6)7/h8-9,14,16,22H,1,10-12H2,2-7H3,(H2,19,20)/t16-/m1/s1. The maximum absolute atomic E-state index is 9.79. The molecule has 0 saturated heterocycles. The van der Waals surface area contributed by atoms with Crippen molar-refractivity contribution >= 4 is 5.84 Å². The minimum atomic E-state index is -0.509. The van der Waals surface area contributed by atoms with Crippen LogP contribution in [0.5, 0.6) is 0 Å². The van der Waals surface area contributed by atoms with Gasteiger partial charge in [-0.15, -0.1) is 0 Å². The zero-order valence-electron chi connectivity index (χ0n) is 15.5. The van der Waals surface area contributed by atoms with Gasteiger partial charge in [-0.1, -0.05) is 48.1 Å². The molecule has 0 aliphatic carbocycles. The Morgan fingerprint density at radius 2 is 1.74 bits per heavy atom. The van der Waals surface area contributed by atoms with Crippen molar-refractivity contribution in [1.82, 2.24) is 4.90 Å². The molecule has 0 spiro atoms. The van der Waals surface area contributed by atoms with E-state index in [-0.39, 0.29) is 23.5 Å². The molecule has 1 aliphatic rings. The molecule has 1 atom stereocenters. The summed E-state index contributed by atoms with van der Waals surface area (Å²) in [5.74, 6) is 0.887. The van der Waals surface area contributed by atoms with Crippen LogP contribution in [0.2, 0.25) is 0 Å². The maximum atomic E-state index is 9.79. The minimum absolute atomic E-state index is 0.0385. The van der Waals surface area contributed by atoms with Crippen molar-refractivity contribution in [2.75, 3.05) is 6.61 Å². The van der Waals surface area contributed by atoms with Gasteiger partial charge in [-0.3, -0.25) is 0 Å². The number of aliphatic imine (C=N–C) groups is 1. The molecule has 0 radical (unpaired) electrons. The van der Waals surface area contributed by atoms with Gasteiger partial charge in [0.05, 0.1) is 12.7 Å². The smallest absolute Gasteiger partial charge is 0.158 e. The van der Waals surface area contributed by atoms with E-state index in [0.29, 0.717) is 11.7 Å². The summed E-state index contributed by atoms with van der Waals surface area (Å²) in [5.41, 5.74) is 5.96. The van der Waals surface area contributed by atoms with Crippen LogP contribution in [-0.4, -0.2) is 34.8 Å². The quantitative estimate of drug-likeness (QED) is 0.787. The van der Waals surface area contributed by atoms with Crippen LogP contribution in [0.25, 0.3) is 0 Å². The molecule has 132 valence electrons. The molecule has 0 unspecified atom stereocenters. The van der Waals surface area contributed by atoms with Crippen molar-refractivity contribution in [2.24, 2.45) is 21.6 Å². The molecule has 0 aromatic heterocycles. The van der Waals surface area contributed by atoms with E-state index < -0.39 is 6.23 Å². The first-order valence-electron chi connectivity index (χ1n) is 8.17. The van der Waals surface area contributed by atoms with Crippen LogP contribution in [0.15, 0.2) is 29.7 Å². The van der Waals surface area contributed by atoms with Crippen molar-refractivity contribution in [3.8, 4) is 0 Å². The predicted molar refractivity (Wildman–Crippen MR) is 95.6 cm³/mol. The summed E-state index contributed by atoms with van der Waals surface area (Å²) in [7, 11) is 0. The summed E-state index contributed by atoms with van der Waals surface area (Å²) in [6.45, 7) is 16.9. The van der Waals surface area contributed by atoms with Crippen LogP contribution >= 0.6 is 0 Å². The van der Waals surface area contributed by atoms with Gasteiger partial charge in [-0.2, -0.15) is 0 Å². The van der Waals surface area contributed by atoms with E-state index in [1.165, 1.54) is 0 Å². The minimum Gasteiger partial charge on any atom is -0.392 e. The monoisotopic (exact) mass is 323 g/mol. The second-order valence-corrected chi connectivity index (χ2v) is 8.60. The summed E-state index contributed by atoms with van der Waals surface area (Å²) in [4.78, 5) is 5.87. The Bertz CT molecular complexity index is 454. The molecular formula is C18H33N3O2. The third-order valence-electron chi connectivity index (χ3n) is 3.46. The Morgan fingerprint density at radius 1 is 1.22 bits per heavy atom. The molecule has 5 nitrogen and oxygen atoms in total. The lowest BCUT2D eigenvalue weighted by Crippen LogP contribution is -2.41. The van der Waals surface area contributed by atoms with Gasteiger partial charge < -0.3 is 20.5 Å². The zero-order chi connectivity index (χ0) is 17.8. The highest BCUT2D eigenvalue weighted by molar-refractivity contribution is 5.92. The van der Waals surface area contributed by atoms with Gasteiger partial charge in [0.1, 0.15) is 11.7 Å². The highest BCUT2D eigenvalue weighted by Crippen LogP contribution is 2.32. The fourth-order valence-corrected chi connectivity index (χ4v) is 2.70. The van der Waals surface area contributed by atoms with E-state index in [0.717, 1.165) is 12.8 Å². The molecule has 0 bridgehead atoms. The van der Waals surface area contributed by atoms with Gasteiger partial charge in [0.2, 0.25) is 0 Å². The first-order valence-corrected chi connectivity index (χ1v) is 8.17. The number of amidine groups is 1. The average molecular weight is 323 g/mol. The molecule has 0 aromatic carbocycles. The third kappa shape index (κ3) is 7.18. The van der Waals surface area contributed by atoms with Gasteiger partial charge in [-0.05, 0) is 29.7 Å². The Labute approximate surface area is 140 Å². The van der Waals surface area contributed by atoms with Crippen molar-refractivity contribution in [2.45, 2.75) is 66.7 Å². The van der Waals surface area contributed by atoms with Crippen LogP contribution in [0, 0.1) is 10.8 Å². The van der Waals surface area contributed by atoms with Crippen LogP contribution in [0.4, 0.5) is 0 Å². The van der Waals surface area contributed by atoms with E-state index in [4.69, 9.17) is 10.5 Å². The first-order chi connectivity index (χ1) is 10.4. The molecule has 3 N–H and O–H groups in total. The third-order valence-corrected chi connectivity index (χ3v) is 3.46. The van der Waals surface area contributed by atoms with Crippen molar-refractivity contribution in [3.05, 3.63) is 24.7 Å². The first kappa shape index (κ1) is 19.7. The highest BCUT2D eigenvalue weighted by atomic mass is 16.5. The van der Waals surface area contributed by atoms with Gasteiger partial charge >= 0.3 is 0 Å². The topological polar surface area (TPSA) is 71.1 Å².